The molecule has 1 aliphatic rings. The zero-order valence-electron chi connectivity index (χ0n) is 17.2. The van der Waals surface area contributed by atoms with Crippen molar-refractivity contribution < 1.29 is 8.42 Å². The van der Waals surface area contributed by atoms with Crippen molar-refractivity contribution in [2.24, 2.45) is 10.9 Å². The van der Waals surface area contributed by atoms with Crippen LogP contribution in [-0.4, -0.2) is 63.5 Å². The summed E-state index contributed by atoms with van der Waals surface area (Å²) in [5, 5.41) is 8.68. The lowest BCUT2D eigenvalue weighted by molar-refractivity contribution is 0.125. The maximum Gasteiger partial charge on any atom is 0.191 e. The van der Waals surface area contributed by atoms with E-state index < -0.39 is 14.6 Å². The van der Waals surface area contributed by atoms with E-state index in [-0.39, 0.29) is 5.75 Å². The van der Waals surface area contributed by atoms with E-state index in [1.54, 1.807) is 27.8 Å². The fourth-order valence-corrected chi connectivity index (χ4v) is 5.41. The van der Waals surface area contributed by atoms with Crippen molar-refractivity contribution in [3.05, 3.63) is 22.4 Å². The van der Waals surface area contributed by atoms with E-state index in [1.165, 1.54) is 17.7 Å². The third kappa shape index (κ3) is 5.93. The zero-order valence-corrected chi connectivity index (χ0v) is 18.8. The van der Waals surface area contributed by atoms with Crippen molar-refractivity contribution in [3.8, 4) is 0 Å². The number of hydrogen-bond donors (Lipinski definition) is 2. The van der Waals surface area contributed by atoms with Gasteiger partial charge in [-0.3, -0.25) is 9.89 Å². The van der Waals surface area contributed by atoms with E-state index in [1.807, 2.05) is 11.3 Å². The number of piperidine rings is 1. The molecule has 0 aromatic carbocycles. The van der Waals surface area contributed by atoms with Gasteiger partial charge in [-0.15, -0.1) is 11.3 Å². The number of thiophene rings is 1. The Hall–Kier alpha value is -1.12. The topological polar surface area (TPSA) is 73.8 Å². The monoisotopic (exact) mass is 414 g/mol. The Bertz CT molecular complexity index is 709. The fraction of sp³-hybridized carbons (Fsp3) is 0.737. The van der Waals surface area contributed by atoms with Crippen LogP contribution in [-0.2, 0) is 9.84 Å². The average molecular weight is 415 g/mol. The molecule has 6 nitrogen and oxygen atoms in total. The van der Waals surface area contributed by atoms with Gasteiger partial charge in [0.05, 0.1) is 10.5 Å². The molecule has 27 heavy (non-hydrogen) atoms. The highest BCUT2D eigenvalue weighted by atomic mass is 32.2. The summed E-state index contributed by atoms with van der Waals surface area (Å²) in [5.41, 5.74) is 0. The van der Waals surface area contributed by atoms with Gasteiger partial charge in [0.25, 0.3) is 0 Å². The van der Waals surface area contributed by atoms with Crippen LogP contribution < -0.4 is 10.6 Å². The van der Waals surface area contributed by atoms with Crippen LogP contribution in [0.25, 0.3) is 0 Å². The van der Waals surface area contributed by atoms with Crippen LogP contribution in [0.1, 0.15) is 44.5 Å². The molecular weight excluding hydrogens is 380 g/mol. The van der Waals surface area contributed by atoms with Gasteiger partial charge >= 0.3 is 0 Å². The largest absolute Gasteiger partial charge is 0.356 e. The Labute approximate surface area is 168 Å². The van der Waals surface area contributed by atoms with Crippen molar-refractivity contribution >= 4 is 27.1 Å². The molecule has 0 saturated carbocycles. The van der Waals surface area contributed by atoms with Gasteiger partial charge in [0.2, 0.25) is 0 Å². The summed E-state index contributed by atoms with van der Waals surface area (Å²) in [6.45, 7) is 7.51. The van der Waals surface area contributed by atoms with E-state index in [0.717, 1.165) is 13.1 Å². The molecular formula is C19H34N4O2S2. The summed E-state index contributed by atoms with van der Waals surface area (Å²) < 4.78 is 23.7. The van der Waals surface area contributed by atoms with E-state index >= 15 is 0 Å². The smallest absolute Gasteiger partial charge is 0.191 e. The highest BCUT2D eigenvalue weighted by Crippen LogP contribution is 2.36. The zero-order chi connectivity index (χ0) is 20.1. The summed E-state index contributed by atoms with van der Waals surface area (Å²) >= 11 is 1.81. The minimum atomic E-state index is -3.13. The van der Waals surface area contributed by atoms with Crippen LogP contribution in [0.2, 0.25) is 0 Å². The number of hydrogen-bond acceptors (Lipinski definition) is 5. The van der Waals surface area contributed by atoms with Crippen molar-refractivity contribution in [1.82, 2.24) is 15.5 Å². The number of sulfone groups is 1. The van der Waals surface area contributed by atoms with Crippen molar-refractivity contribution in [2.75, 3.05) is 39.5 Å². The molecule has 1 saturated heterocycles. The number of guanidine groups is 1. The number of rotatable bonds is 6. The van der Waals surface area contributed by atoms with E-state index in [9.17, 15) is 8.42 Å². The molecule has 1 fully saturated rings. The minimum Gasteiger partial charge on any atom is -0.356 e. The molecule has 0 aliphatic carbocycles. The molecule has 2 atom stereocenters. The maximum atomic E-state index is 12.2. The number of nitrogens with one attached hydrogen (secondary N) is 2. The van der Waals surface area contributed by atoms with Gasteiger partial charge in [0, 0.05) is 31.1 Å². The Morgan fingerprint density at radius 3 is 2.70 bits per heavy atom. The summed E-state index contributed by atoms with van der Waals surface area (Å²) in [7, 11) is 0.782. The summed E-state index contributed by atoms with van der Waals surface area (Å²) in [4.78, 5) is 8.09. The van der Waals surface area contributed by atoms with Crippen molar-refractivity contribution in [1.29, 1.82) is 0 Å². The number of nitrogens with zero attached hydrogens (tertiary/aromatic N) is 2. The molecule has 1 aliphatic heterocycles. The first-order valence-electron chi connectivity index (χ1n) is 9.56. The second kappa shape index (κ2) is 9.39. The van der Waals surface area contributed by atoms with E-state index in [2.05, 4.69) is 45.1 Å². The van der Waals surface area contributed by atoms with E-state index in [0.29, 0.717) is 24.5 Å². The molecule has 1 aromatic rings. The van der Waals surface area contributed by atoms with E-state index in [4.69, 9.17) is 0 Å². The molecule has 8 heteroatoms. The van der Waals surface area contributed by atoms with Crippen LogP contribution in [0.5, 0.6) is 0 Å². The summed E-state index contributed by atoms with van der Waals surface area (Å²) in [5.74, 6) is 1.26. The van der Waals surface area contributed by atoms with Gasteiger partial charge in [-0.05, 0) is 64.6 Å². The van der Waals surface area contributed by atoms with Crippen molar-refractivity contribution in [2.45, 2.75) is 44.4 Å². The fourth-order valence-electron chi connectivity index (χ4n) is 3.44. The third-order valence-corrected chi connectivity index (χ3v) is 8.74. The summed E-state index contributed by atoms with van der Waals surface area (Å²) in [6.07, 6.45) is 2.37. The number of likely N-dealkylation sites (tertiary alicyclic amines) is 1. The molecule has 2 rings (SSSR count). The maximum absolute atomic E-state index is 12.2. The molecule has 154 valence electrons. The highest BCUT2D eigenvalue weighted by Gasteiger charge is 2.31. The van der Waals surface area contributed by atoms with Crippen LogP contribution in [0.15, 0.2) is 22.5 Å². The Morgan fingerprint density at radius 2 is 2.11 bits per heavy atom. The van der Waals surface area contributed by atoms with Gasteiger partial charge < -0.3 is 10.6 Å². The Balaban J connectivity index is 1.89. The highest BCUT2D eigenvalue weighted by molar-refractivity contribution is 7.92. The van der Waals surface area contributed by atoms with Gasteiger partial charge in [0.1, 0.15) is 0 Å². The Kier molecular flexibility index (Phi) is 7.71. The van der Waals surface area contributed by atoms with Gasteiger partial charge in [-0.25, -0.2) is 8.42 Å². The molecule has 2 heterocycles. The number of aliphatic imine (C=N–C) groups is 1. The molecule has 2 unspecified atom stereocenters. The molecule has 0 spiro atoms. The first-order chi connectivity index (χ1) is 12.7. The quantitative estimate of drug-likeness (QED) is 0.553. The molecule has 1 aromatic heterocycles. The second-order valence-electron chi connectivity index (χ2n) is 8.15. The van der Waals surface area contributed by atoms with Crippen LogP contribution in [0.3, 0.4) is 0 Å². The van der Waals surface area contributed by atoms with Gasteiger partial charge in [-0.1, -0.05) is 6.07 Å². The molecule has 2 N–H and O–H groups in total. The van der Waals surface area contributed by atoms with Gasteiger partial charge in [-0.2, -0.15) is 0 Å². The van der Waals surface area contributed by atoms with Crippen molar-refractivity contribution in [3.63, 3.8) is 0 Å². The lowest BCUT2D eigenvalue weighted by atomic mass is 9.88. The third-order valence-electron chi connectivity index (χ3n) is 5.19. The minimum absolute atomic E-state index is 0.0984. The normalized spacial score (nSPS) is 22.6. The lowest BCUT2D eigenvalue weighted by Gasteiger charge is -2.39. The Morgan fingerprint density at radius 1 is 1.37 bits per heavy atom. The summed E-state index contributed by atoms with van der Waals surface area (Å²) in [6, 6.07) is 4.75. The predicted octanol–water partition coefficient (Wildman–Crippen LogP) is 2.51. The second-order valence-corrected chi connectivity index (χ2v) is 12.0. The first-order valence-corrected chi connectivity index (χ1v) is 12.1. The first kappa shape index (κ1) is 22.2. The molecule has 0 bridgehead atoms. The molecule has 0 amide bonds. The predicted molar refractivity (Wildman–Crippen MR) is 115 cm³/mol. The van der Waals surface area contributed by atoms with Crippen LogP contribution >= 0.6 is 11.3 Å². The average Bonchev–Trinajstić information content (AvgIpc) is 3.10. The lowest BCUT2D eigenvalue weighted by Crippen LogP contribution is -2.46. The van der Waals surface area contributed by atoms with Gasteiger partial charge in [0.15, 0.2) is 15.8 Å². The standard InChI is InChI=1S/C19H34N4O2S2/c1-19(2,3)27(24,25)13-10-21-18(20-4)22-14-15-8-6-11-23(5)17(15)16-9-7-12-26-16/h7,9,12,15,17H,6,8,10-11,13-14H2,1-5H3,(H2,20,21,22). The molecule has 0 radical (unpaired) electrons. The SMILES string of the molecule is CN=C(NCCS(=O)(=O)C(C)(C)C)NCC1CCCN(C)C1c1cccs1. The van der Waals surface area contributed by atoms with Crippen LogP contribution in [0, 0.1) is 5.92 Å². The van der Waals surface area contributed by atoms with Crippen LogP contribution in [0.4, 0.5) is 0 Å².